The molecule has 4 atom stereocenters. The third kappa shape index (κ3) is 6.50. The van der Waals surface area contributed by atoms with E-state index in [0.29, 0.717) is 0 Å². The zero-order valence-electron chi connectivity index (χ0n) is 15.0. The standard InChI is InChI=1S/C18H38N2S/c1-6-9-15-10-11-18(19-8-3)16(12-15)13-20(4)17(7-2)14-21-5/h15-19H,6-14H2,1-5H3. The van der Waals surface area contributed by atoms with Crippen molar-refractivity contribution in [3.05, 3.63) is 0 Å². The molecule has 126 valence electrons. The van der Waals surface area contributed by atoms with Gasteiger partial charge in [0.2, 0.25) is 0 Å². The maximum absolute atomic E-state index is 3.76. The minimum atomic E-state index is 0.744. The van der Waals surface area contributed by atoms with Crippen LogP contribution in [0.1, 0.15) is 59.3 Å². The molecule has 0 aromatic heterocycles. The summed E-state index contributed by atoms with van der Waals surface area (Å²) >= 11 is 1.99. The third-order valence-corrected chi connectivity index (χ3v) is 5.95. The SMILES string of the molecule is CCCC1CCC(NCC)C(CN(C)C(CC)CSC)C1. The van der Waals surface area contributed by atoms with Crippen molar-refractivity contribution in [1.29, 1.82) is 0 Å². The smallest absolute Gasteiger partial charge is 0.0180 e. The van der Waals surface area contributed by atoms with Gasteiger partial charge in [0.25, 0.3) is 0 Å². The van der Waals surface area contributed by atoms with Gasteiger partial charge < -0.3 is 10.2 Å². The van der Waals surface area contributed by atoms with Crippen molar-refractivity contribution in [2.24, 2.45) is 11.8 Å². The molecule has 4 unspecified atom stereocenters. The first kappa shape index (κ1) is 19.3. The zero-order chi connectivity index (χ0) is 15.7. The molecular formula is C18H38N2S. The van der Waals surface area contributed by atoms with E-state index in [-0.39, 0.29) is 0 Å². The van der Waals surface area contributed by atoms with E-state index in [4.69, 9.17) is 0 Å². The lowest BCUT2D eigenvalue weighted by molar-refractivity contribution is 0.131. The fourth-order valence-electron chi connectivity index (χ4n) is 4.03. The Morgan fingerprint density at radius 2 is 2.00 bits per heavy atom. The summed E-state index contributed by atoms with van der Waals surface area (Å²) in [7, 11) is 2.34. The van der Waals surface area contributed by atoms with E-state index in [1.165, 1.54) is 50.8 Å². The highest BCUT2D eigenvalue weighted by Crippen LogP contribution is 2.33. The van der Waals surface area contributed by atoms with Crippen molar-refractivity contribution in [2.45, 2.75) is 71.4 Å². The molecule has 1 saturated carbocycles. The summed E-state index contributed by atoms with van der Waals surface area (Å²) in [5, 5.41) is 3.76. The van der Waals surface area contributed by atoms with Crippen LogP contribution in [0.5, 0.6) is 0 Å². The number of rotatable bonds is 10. The van der Waals surface area contributed by atoms with Gasteiger partial charge in [-0.1, -0.05) is 33.6 Å². The molecule has 1 aliphatic carbocycles. The Labute approximate surface area is 137 Å². The topological polar surface area (TPSA) is 15.3 Å². The average molecular weight is 315 g/mol. The Balaban J connectivity index is 2.59. The second-order valence-electron chi connectivity index (χ2n) is 6.85. The highest BCUT2D eigenvalue weighted by atomic mass is 32.2. The molecule has 1 aliphatic rings. The molecule has 2 nitrogen and oxygen atoms in total. The Kier molecular flexibility index (Phi) is 10.0. The van der Waals surface area contributed by atoms with E-state index in [1.807, 2.05) is 11.8 Å². The highest BCUT2D eigenvalue weighted by molar-refractivity contribution is 7.98. The van der Waals surface area contributed by atoms with Crippen LogP contribution in [0.15, 0.2) is 0 Å². The third-order valence-electron chi connectivity index (χ3n) is 5.23. The van der Waals surface area contributed by atoms with E-state index in [2.05, 4.69) is 44.3 Å². The van der Waals surface area contributed by atoms with Crippen LogP contribution in [-0.4, -0.2) is 49.1 Å². The molecule has 21 heavy (non-hydrogen) atoms. The quantitative estimate of drug-likeness (QED) is 0.649. The summed E-state index contributed by atoms with van der Waals surface area (Å²) in [5.74, 6) is 3.09. The lowest BCUT2D eigenvalue weighted by Crippen LogP contribution is -2.47. The molecule has 0 saturated heterocycles. The van der Waals surface area contributed by atoms with Crippen LogP contribution in [0.3, 0.4) is 0 Å². The number of hydrogen-bond donors (Lipinski definition) is 1. The lowest BCUT2D eigenvalue weighted by atomic mass is 9.76. The molecule has 1 rings (SSSR count). The molecule has 0 aromatic carbocycles. The molecule has 0 radical (unpaired) electrons. The highest BCUT2D eigenvalue weighted by Gasteiger charge is 2.31. The predicted molar refractivity (Wildman–Crippen MR) is 98.3 cm³/mol. The van der Waals surface area contributed by atoms with Crippen LogP contribution < -0.4 is 5.32 Å². The average Bonchev–Trinajstić information content (AvgIpc) is 2.47. The fraction of sp³-hybridized carbons (Fsp3) is 1.00. The maximum Gasteiger partial charge on any atom is 0.0180 e. The molecule has 0 heterocycles. The summed E-state index contributed by atoms with van der Waals surface area (Å²) in [6, 6.07) is 1.49. The second-order valence-corrected chi connectivity index (χ2v) is 7.76. The molecule has 0 bridgehead atoms. The normalized spacial score (nSPS) is 28.0. The second kappa shape index (κ2) is 10.9. The Morgan fingerprint density at radius 1 is 1.24 bits per heavy atom. The van der Waals surface area contributed by atoms with Crippen molar-refractivity contribution in [3.63, 3.8) is 0 Å². The van der Waals surface area contributed by atoms with E-state index < -0.39 is 0 Å². The first-order chi connectivity index (χ1) is 10.2. The van der Waals surface area contributed by atoms with Crippen molar-refractivity contribution in [2.75, 3.05) is 32.1 Å². The largest absolute Gasteiger partial charge is 0.314 e. The van der Waals surface area contributed by atoms with Gasteiger partial charge in [0.1, 0.15) is 0 Å². The van der Waals surface area contributed by atoms with Gasteiger partial charge in [-0.3, -0.25) is 0 Å². The zero-order valence-corrected chi connectivity index (χ0v) is 15.8. The predicted octanol–water partition coefficient (Wildman–Crippen LogP) is 4.25. The van der Waals surface area contributed by atoms with E-state index >= 15 is 0 Å². The number of thioether (sulfide) groups is 1. The van der Waals surface area contributed by atoms with Crippen molar-refractivity contribution in [1.82, 2.24) is 10.2 Å². The summed E-state index contributed by atoms with van der Waals surface area (Å²) in [5.41, 5.74) is 0. The first-order valence-electron chi connectivity index (χ1n) is 9.08. The number of hydrogen-bond acceptors (Lipinski definition) is 3. The summed E-state index contributed by atoms with van der Waals surface area (Å²) < 4.78 is 0. The van der Waals surface area contributed by atoms with E-state index in [9.17, 15) is 0 Å². The van der Waals surface area contributed by atoms with Gasteiger partial charge in [0.05, 0.1) is 0 Å². The van der Waals surface area contributed by atoms with Gasteiger partial charge in [0, 0.05) is 24.4 Å². The Hall–Kier alpha value is 0.270. The summed E-state index contributed by atoms with van der Waals surface area (Å²) in [4.78, 5) is 2.64. The van der Waals surface area contributed by atoms with Crippen LogP contribution in [0.2, 0.25) is 0 Å². The molecule has 1 fully saturated rings. The molecular weight excluding hydrogens is 276 g/mol. The molecule has 0 spiro atoms. The van der Waals surface area contributed by atoms with Gasteiger partial charge in [-0.05, 0) is 57.4 Å². The van der Waals surface area contributed by atoms with Gasteiger partial charge in [-0.15, -0.1) is 0 Å². The Morgan fingerprint density at radius 3 is 2.57 bits per heavy atom. The molecule has 0 aromatic rings. The number of nitrogens with zero attached hydrogens (tertiary/aromatic N) is 1. The van der Waals surface area contributed by atoms with Crippen LogP contribution in [-0.2, 0) is 0 Å². The van der Waals surface area contributed by atoms with Crippen molar-refractivity contribution < 1.29 is 0 Å². The van der Waals surface area contributed by atoms with Crippen molar-refractivity contribution in [3.8, 4) is 0 Å². The van der Waals surface area contributed by atoms with Gasteiger partial charge >= 0.3 is 0 Å². The minimum Gasteiger partial charge on any atom is -0.314 e. The first-order valence-corrected chi connectivity index (χ1v) is 10.5. The van der Waals surface area contributed by atoms with E-state index in [0.717, 1.165) is 30.5 Å². The minimum absolute atomic E-state index is 0.744. The molecule has 1 N–H and O–H groups in total. The fourth-order valence-corrected chi connectivity index (χ4v) is 4.91. The van der Waals surface area contributed by atoms with Crippen LogP contribution in [0.25, 0.3) is 0 Å². The van der Waals surface area contributed by atoms with Crippen molar-refractivity contribution >= 4 is 11.8 Å². The van der Waals surface area contributed by atoms with Gasteiger partial charge in [-0.2, -0.15) is 11.8 Å². The summed E-state index contributed by atoms with van der Waals surface area (Å²) in [6.07, 6.45) is 10.5. The molecule has 0 amide bonds. The lowest BCUT2D eigenvalue weighted by Gasteiger charge is -2.40. The molecule has 3 heteroatoms. The van der Waals surface area contributed by atoms with Crippen LogP contribution in [0.4, 0.5) is 0 Å². The Bertz CT molecular complexity index is 260. The van der Waals surface area contributed by atoms with Gasteiger partial charge in [-0.25, -0.2) is 0 Å². The van der Waals surface area contributed by atoms with Crippen LogP contribution in [0, 0.1) is 11.8 Å². The van der Waals surface area contributed by atoms with Gasteiger partial charge in [0.15, 0.2) is 0 Å². The van der Waals surface area contributed by atoms with E-state index in [1.54, 1.807) is 0 Å². The maximum atomic E-state index is 3.76. The monoisotopic (exact) mass is 314 g/mol. The molecule has 0 aliphatic heterocycles. The van der Waals surface area contributed by atoms with Crippen LogP contribution >= 0.6 is 11.8 Å². The summed E-state index contributed by atoms with van der Waals surface area (Å²) in [6.45, 7) is 9.31. The number of nitrogens with one attached hydrogen (secondary N) is 1.